The molecule has 0 bridgehead atoms. The highest BCUT2D eigenvalue weighted by Crippen LogP contribution is 2.07. The Kier molecular flexibility index (Phi) is 5.16. The van der Waals surface area contributed by atoms with E-state index >= 15 is 0 Å². The molecule has 1 fully saturated rings. The second-order valence-corrected chi connectivity index (χ2v) is 3.49. The molecule has 1 saturated heterocycles. The number of carbonyl (C=O) groups is 1. The third-order valence-corrected chi connectivity index (χ3v) is 2.41. The second kappa shape index (κ2) is 6.44. The highest BCUT2D eigenvalue weighted by Gasteiger charge is 2.26. The number of ether oxygens (including phenoxy) is 2. The number of methoxy groups -OCH3 is 1. The van der Waals surface area contributed by atoms with E-state index in [0.717, 1.165) is 25.9 Å². The lowest BCUT2D eigenvalue weighted by Crippen LogP contribution is -2.46. The molecule has 0 spiro atoms. The maximum Gasteiger partial charge on any atom is 0.336 e. The molecule has 0 aromatic carbocycles. The minimum absolute atomic E-state index is 0.295. The van der Waals surface area contributed by atoms with Crippen molar-refractivity contribution in [1.82, 2.24) is 4.90 Å². The maximum atomic E-state index is 11.2. The first-order valence-corrected chi connectivity index (χ1v) is 5.13. The summed E-state index contributed by atoms with van der Waals surface area (Å²) in [7, 11) is 1.38. The van der Waals surface area contributed by atoms with Crippen molar-refractivity contribution in [3.63, 3.8) is 0 Å². The average Bonchev–Trinajstić information content (AvgIpc) is 2.29. The first kappa shape index (κ1) is 12.0. The van der Waals surface area contributed by atoms with Gasteiger partial charge in [-0.1, -0.05) is 0 Å². The fraction of sp³-hybridized carbons (Fsp3) is 0.727. The van der Waals surface area contributed by atoms with E-state index in [9.17, 15) is 4.79 Å². The smallest absolute Gasteiger partial charge is 0.336 e. The van der Waals surface area contributed by atoms with Crippen LogP contribution in [-0.4, -0.2) is 50.3 Å². The number of esters is 1. The van der Waals surface area contributed by atoms with E-state index in [2.05, 4.69) is 15.6 Å². The van der Waals surface area contributed by atoms with Crippen LogP contribution in [0.2, 0.25) is 0 Å². The molecule has 1 atom stereocenters. The quantitative estimate of drug-likeness (QED) is 0.380. The van der Waals surface area contributed by atoms with Gasteiger partial charge in [-0.2, -0.15) is 0 Å². The van der Waals surface area contributed by atoms with Crippen LogP contribution in [0.4, 0.5) is 0 Å². The lowest BCUT2D eigenvalue weighted by Gasteiger charge is -2.31. The highest BCUT2D eigenvalue weighted by atomic mass is 16.6. The summed E-state index contributed by atoms with van der Waals surface area (Å²) in [6, 6.07) is 0. The van der Waals surface area contributed by atoms with Gasteiger partial charge in [-0.25, -0.2) is 4.79 Å². The van der Waals surface area contributed by atoms with Crippen LogP contribution in [0.3, 0.4) is 0 Å². The van der Waals surface area contributed by atoms with Gasteiger partial charge in [0.1, 0.15) is 0 Å². The molecule has 4 nitrogen and oxygen atoms in total. The number of rotatable bonds is 4. The summed E-state index contributed by atoms with van der Waals surface area (Å²) in [5.74, 6) is 2.31. The number of unbranched alkanes of at least 4 members (excludes halogenated alkanes) is 1. The molecule has 1 aliphatic rings. The Hall–Kier alpha value is -1.05. The zero-order chi connectivity index (χ0) is 11.1. The van der Waals surface area contributed by atoms with E-state index in [1.807, 2.05) is 0 Å². The number of hydrogen-bond acceptors (Lipinski definition) is 4. The number of nitrogens with zero attached hydrogens (tertiary/aromatic N) is 1. The third kappa shape index (κ3) is 3.90. The van der Waals surface area contributed by atoms with Gasteiger partial charge in [0.25, 0.3) is 0 Å². The van der Waals surface area contributed by atoms with Crippen molar-refractivity contribution in [3.05, 3.63) is 0 Å². The van der Waals surface area contributed by atoms with Gasteiger partial charge in [-0.3, -0.25) is 4.90 Å². The van der Waals surface area contributed by atoms with Crippen LogP contribution in [0.25, 0.3) is 0 Å². The van der Waals surface area contributed by atoms with Gasteiger partial charge >= 0.3 is 5.97 Å². The molecule has 4 heteroatoms. The number of terminal acetylenes is 1. The largest absolute Gasteiger partial charge is 0.467 e. The van der Waals surface area contributed by atoms with Crippen LogP contribution in [0.5, 0.6) is 0 Å². The van der Waals surface area contributed by atoms with E-state index in [1.165, 1.54) is 7.11 Å². The summed E-state index contributed by atoms with van der Waals surface area (Å²) >= 11 is 0. The van der Waals surface area contributed by atoms with Crippen molar-refractivity contribution in [2.24, 2.45) is 0 Å². The second-order valence-electron chi connectivity index (χ2n) is 3.49. The molecular formula is C11H17NO3. The van der Waals surface area contributed by atoms with Gasteiger partial charge in [0.15, 0.2) is 6.10 Å². The first-order chi connectivity index (χ1) is 7.27. The van der Waals surface area contributed by atoms with Gasteiger partial charge in [0, 0.05) is 19.5 Å². The van der Waals surface area contributed by atoms with Crippen molar-refractivity contribution in [2.45, 2.75) is 18.9 Å². The lowest BCUT2D eigenvalue weighted by molar-refractivity contribution is -0.159. The number of morpholine rings is 1. The van der Waals surface area contributed by atoms with Crippen LogP contribution in [0, 0.1) is 12.3 Å². The van der Waals surface area contributed by atoms with Gasteiger partial charge in [-0.15, -0.1) is 12.3 Å². The third-order valence-electron chi connectivity index (χ3n) is 2.41. The summed E-state index contributed by atoms with van der Waals surface area (Å²) in [5.41, 5.74) is 0. The Balaban J connectivity index is 2.29. The molecule has 0 aromatic rings. The zero-order valence-electron chi connectivity index (χ0n) is 9.07. The van der Waals surface area contributed by atoms with Crippen molar-refractivity contribution in [1.29, 1.82) is 0 Å². The number of carbonyl (C=O) groups excluding carboxylic acids is 1. The van der Waals surface area contributed by atoms with Crippen molar-refractivity contribution in [2.75, 3.05) is 33.4 Å². The lowest BCUT2D eigenvalue weighted by atomic mass is 10.2. The van der Waals surface area contributed by atoms with Crippen LogP contribution < -0.4 is 0 Å². The van der Waals surface area contributed by atoms with Gasteiger partial charge < -0.3 is 9.47 Å². The topological polar surface area (TPSA) is 38.8 Å². The molecule has 0 aliphatic carbocycles. The summed E-state index contributed by atoms with van der Waals surface area (Å²) < 4.78 is 9.95. The van der Waals surface area contributed by atoms with Gasteiger partial charge in [-0.05, 0) is 13.0 Å². The highest BCUT2D eigenvalue weighted by molar-refractivity contribution is 5.74. The summed E-state index contributed by atoms with van der Waals surface area (Å²) in [6.07, 6.45) is 6.48. The molecule has 0 aromatic heterocycles. The predicted octanol–water partition coefficient (Wildman–Crippen LogP) is 0.274. The summed E-state index contributed by atoms with van der Waals surface area (Å²) in [4.78, 5) is 13.4. The Morgan fingerprint density at radius 3 is 3.20 bits per heavy atom. The molecule has 84 valence electrons. The van der Waals surface area contributed by atoms with Gasteiger partial charge in [0.05, 0.1) is 13.7 Å². The Labute approximate surface area is 90.5 Å². The molecule has 0 radical (unpaired) electrons. The van der Waals surface area contributed by atoms with Crippen molar-refractivity contribution >= 4 is 5.97 Å². The first-order valence-electron chi connectivity index (χ1n) is 5.13. The van der Waals surface area contributed by atoms with Crippen molar-refractivity contribution in [3.8, 4) is 12.3 Å². The Bertz CT molecular complexity index is 247. The molecule has 1 aliphatic heterocycles. The fourth-order valence-electron chi connectivity index (χ4n) is 1.58. The van der Waals surface area contributed by atoms with Crippen LogP contribution in [0.15, 0.2) is 0 Å². The zero-order valence-corrected chi connectivity index (χ0v) is 9.07. The van der Waals surface area contributed by atoms with E-state index in [4.69, 9.17) is 11.2 Å². The fourth-order valence-corrected chi connectivity index (χ4v) is 1.58. The van der Waals surface area contributed by atoms with Crippen molar-refractivity contribution < 1.29 is 14.3 Å². The molecule has 0 N–H and O–H groups in total. The van der Waals surface area contributed by atoms with Crippen LogP contribution in [-0.2, 0) is 14.3 Å². The molecule has 1 heterocycles. The molecule has 15 heavy (non-hydrogen) atoms. The normalized spacial score (nSPS) is 22.0. The Morgan fingerprint density at radius 1 is 1.73 bits per heavy atom. The molecule has 0 saturated carbocycles. The average molecular weight is 211 g/mol. The van der Waals surface area contributed by atoms with E-state index in [-0.39, 0.29) is 5.97 Å². The maximum absolute atomic E-state index is 11.2. The van der Waals surface area contributed by atoms with Gasteiger partial charge in [0.2, 0.25) is 0 Å². The minimum atomic E-state index is -0.436. The molecule has 1 unspecified atom stereocenters. The van der Waals surface area contributed by atoms with E-state index in [0.29, 0.717) is 13.2 Å². The van der Waals surface area contributed by atoms with Crippen LogP contribution >= 0.6 is 0 Å². The number of hydrogen-bond donors (Lipinski definition) is 0. The standard InChI is InChI=1S/C11H17NO3/c1-3-4-5-6-12-7-8-15-10(9-12)11(13)14-2/h1,10H,4-9H2,2H3. The monoisotopic (exact) mass is 211 g/mol. The summed E-state index contributed by atoms with van der Waals surface area (Å²) in [5, 5.41) is 0. The van der Waals surface area contributed by atoms with E-state index in [1.54, 1.807) is 0 Å². The SMILES string of the molecule is C#CCCCN1CCOC(C(=O)OC)C1. The van der Waals surface area contributed by atoms with Crippen LogP contribution in [0.1, 0.15) is 12.8 Å². The molecular weight excluding hydrogens is 194 g/mol. The summed E-state index contributed by atoms with van der Waals surface area (Å²) in [6.45, 7) is 2.96. The predicted molar refractivity (Wildman–Crippen MR) is 56.3 cm³/mol. The Morgan fingerprint density at radius 2 is 2.53 bits per heavy atom. The van der Waals surface area contributed by atoms with E-state index < -0.39 is 6.10 Å². The molecule has 1 rings (SSSR count). The molecule has 0 amide bonds. The minimum Gasteiger partial charge on any atom is -0.467 e.